The summed E-state index contributed by atoms with van der Waals surface area (Å²) in [5, 5.41) is 0.753. The number of ether oxygens (including phenoxy) is 1. The van der Waals surface area contributed by atoms with Crippen molar-refractivity contribution in [3.8, 4) is 17.1 Å². The maximum atomic E-state index is 13.9. The van der Waals surface area contributed by atoms with Crippen LogP contribution in [-0.2, 0) is 0 Å². The summed E-state index contributed by atoms with van der Waals surface area (Å²) in [5.41, 5.74) is 0.812. The van der Waals surface area contributed by atoms with E-state index in [4.69, 9.17) is 27.9 Å². The van der Waals surface area contributed by atoms with Gasteiger partial charge >= 0.3 is 0 Å². The molecule has 0 aliphatic rings. The van der Waals surface area contributed by atoms with Crippen molar-refractivity contribution >= 4 is 34.1 Å². The third-order valence-electron chi connectivity index (χ3n) is 3.05. The number of hydrogen-bond acceptors (Lipinski definition) is 3. The molecule has 6 heteroatoms. The maximum absolute atomic E-state index is 13.9. The van der Waals surface area contributed by atoms with Crippen molar-refractivity contribution in [2.24, 2.45) is 0 Å². The Morgan fingerprint density at radius 2 is 1.71 bits per heavy atom. The topological polar surface area (TPSA) is 35.0 Å². The Balaban J connectivity index is 2.22. The number of halogens is 3. The van der Waals surface area contributed by atoms with E-state index in [0.717, 1.165) is 0 Å². The van der Waals surface area contributed by atoms with Crippen molar-refractivity contribution in [3.05, 3.63) is 52.4 Å². The number of hydrogen-bond donors (Lipinski definition) is 0. The van der Waals surface area contributed by atoms with Crippen molar-refractivity contribution in [2.75, 3.05) is 7.11 Å². The van der Waals surface area contributed by atoms with Gasteiger partial charge in [-0.05, 0) is 36.4 Å². The monoisotopic (exact) mass is 322 g/mol. The fraction of sp³-hybridized carbons (Fsp3) is 0.0667. The molecule has 106 valence electrons. The SMILES string of the molecule is COc1ccc(-c2nc(Cl)c3c(Cl)ccc(F)c3n2)cc1. The molecule has 0 aliphatic heterocycles. The first-order valence-electron chi connectivity index (χ1n) is 6.06. The molecule has 0 spiro atoms. The lowest BCUT2D eigenvalue weighted by molar-refractivity contribution is 0.415. The van der Waals surface area contributed by atoms with Gasteiger partial charge in [-0.2, -0.15) is 0 Å². The summed E-state index contributed by atoms with van der Waals surface area (Å²) in [6.45, 7) is 0. The number of nitrogens with zero attached hydrogens (tertiary/aromatic N) is 2. The van der Waals surface area contributed by atoms with E-state index in [0.29, 0.717) is 27.5 Å². The molecular formula is C15H9Cl2FN2O. The van der Waals surface area contributed by atoms with Crippen LogP contribution in [0.5, 0.6) is 5.75 Å². The highest BCUT2D eigenvalue weighted by Crippen LogP contribution is 2.32. The molecule has 0 amide bonds. The van der Waals surface area contributed by atoms with E-state index in [-0.39, 0.29) is 10.7 Å². The van der Waals surface area contributed by atoms with Gasteiger partial charge in [0, 0.05) is 5.56 Å². The summed E-state index contributed by atoms with van der Waals surface area (Å²) in [6.07, 6.45) is 0. The van der Waals surface area contributed by atoms with E-state index in [2.05, 4.69) is 9.97 Å². The number of aromatic nitrogens is 2. The molecule has 21 heavy (non-hydrogen) atoms. The number of methoxy groups -OCH3 is 1. The molecule has 0 aliphatic carbocycles. The minimum absolute atomic E-state index is 0.105. The lowest BCUT2D eigenvalue weighted by Gasteiger charge is -2.07. The molecule has 1 aromatic heterocycles. The van der Waals surface area contributed by atoms with Crippen LogP contribution in [0, 0.1) is 5.82 Å². The van der Waals surface area contributed by atoms with Crippen LogP contribution < -0.4 is 4.74 Å². The summed E-state index contributed by atoms with van der Waals surface area (Å²) in [6, 6.07) is 9.78. The molecule has 0 fully saturated rings. The third-order valence-corrected chi connectivity index (χ3v) is 3.64. The van der Waals surface area contributed by atoms with E-state index in [1.807, 2.05) is 0 Å². The van der Waals surface area contributed by atoms with Crippen molar-refractivity contribution < 1.29 is 9.13 Å². The first kappa shape index (κ1) is 14.0. The predicted octanol–water partition coefficient (Wildman–Crippen LogP) is 4.75. The van der Waals surface area contributed by atoms with E-state index >= 15 is 0 Å². The minimum Gasteiger partial charge on any atom is -0.497 e. The smallest absolute Gasteiger partial charge is 0.161 e. The van der Waals surface area contributed by atoms with Crippen LogP contribution in [-0.4, -0.2) is 17.1 Å². The zero-order valence-electron chi connectivity index (χ0n) is 10.9. The second-order valence-electron chi connectivity index (χ2n) is 4.32. The van der Waals surface area contributed by atoms with Gasteiger partial charge in [0.25, 0.3) is 0 Å². The highest BCUT2D eigenvalue weighted by molar-refractivity contribution is 6.41. The largest absolute Gasteiger partial charge is 0.497 e. The Morgan fingerprint density at radius 1 is 1.00 bits per heavy atom. The van der Waals surface area contributed by atoms with Gasteiger partial charge in [0.1, 0.15) is 22.2 Å². The summed E-state index contributed by atoms with van der Waals surface area (Å²) >= 11 is 12.1. The summed E-state index contributed by atoms with van der Waals surface area (Å²) < 4.78 is 19.0. The fourth-order valence-corrected chi connectivity index (χ4v) is 2.56. The van der Waals surface area contributed by atoms with E-state index in [1.165, 1.54) is 12.1 Å². The van der Waals surface area contributed by atoms with Crippen molar-refractivity contribution in [2.45, 2.75) is 0 Å². The van der Waals surface area contributed by atoms with Crippen LogP contribution in [0.25, 0.3) is 22.3 Å². The number of fused-ring (bicyclic) bond motifs is 1. The molecule has 0 N–H and O–H groups in total. The van der Waals surface area contributed by atoms with Crippen LogP contribution in [0.3, 0.4) is 0 Å². The van der Waals surface area contributed by atoms with Gasteiger partial charge in [0.15, 0.2) is 5.82 Å². The first-order valence-corrected chi connectivity index (χ1v) is 6.81. The second kappa shape index (κ2) is 5.47. The third kappa shape index (κ3) is 2.52. The zero-order valence-corrected chi connectivity index (χ0v) is 12.4. The highest BCUT2D eigenvalue weighted by Gasteiger charge is 2.14. The normalized spacial score (nSPS) is 10.9. The van der Waals surface area contributed by atoms with Gasteiger partial charge in [-0.3, -0.25) is 0 Å². The van der Waals surface area contributed by atoms with Crippen molar-refractivity contribution in [3.63, 3.8) is 0 Å². The van der Waals surface area contributed by atoms with Gasteiger partial charge in [-0.25, -0.2) is 14.4 Å². The highest BCUT2D eigenvalue weighted by atomic mass is 35.5. The molecule has 0 bridgehead atoms. The first-order chi connectivity index (χ1) is 10.1. The van der Waals surface area contributed by atoms with Crippen molar-refractivity contribution in [1.29, 1.82) is 0 Å². The molecule has 2 aromatic carbocycles. The maximum Gasteiger partial charge on any atom is 0.161 e. The Morgan fingerprint density at radius 3 is 2.38 bits per heavy atom. The molecule has 1 heterocycles. The molecule has 0 radical (unpaired) electrons. The molecule has 3 nitrogen and oxygen atoms in total. The number of benzene rings is 2. The van der Waals surface area contributed by atoms with E-state index in [9.17, 15) is 4.39 Å². The van der Waals surface area contributed by atoms with Gasteiger partial charge in [0.05, 0.1) is 17.5 Å². The average molecular weight is 323 g/mol. The van der Waals surface area contributed by atoms with Crippen LogP contribution in [0.15, 0.2) is 36.4 Å². The Labute approximate surface area is 130 Å². The molecule has 3 aromatic rings. The standard InChI is InChI=1S/C15H9Cl2FN2O/c1-21-9-4-2-8(3-5-9)15-19-13-11(18)7-6-10(16)12(13)14(17)20-15/h2-7H,1H3. The van der Waals surface area contributed by atoms with Gasteiger partial charge in [0.2, 0.25) is 0 Å². The number of rotatable bonds is 2. The average Bonchev–Trinajstić information content (AvgIpc) is 2.50. The molecular weight excluding hydrogens is 314 g/mol. The minimum atomic E-state index is -0.492. The summed E-state index contributed by atoms with van der Waals surface area (Å²) in [7, 11) is 1.58. The van der Waals surface area contributed by atoms with Crippen LogP contribution >= 0.6 is 23.2 Å². The molecule has 3 rings (SSSR count). The van der Waals surface area contributed by atoms with Crippen LogP contribution in [0.2, 0.25) is 10.2 Å². The molecule has 0 atom stereocenters. The molecule has 0 saturated heterocycles. The Bertz CT molecular complexity index is 822. The predicted molar refractivity (Wildman–Crippen MR) is 81.5 cm³/mol. The zero-order chi connectivity index (χ0) is 15.0. The van der Waals surface area contributed by atoms with Gasteiger partial charge < -0.3 is 4.74 Å². The van der Waals surface area contributed by atoms with E-state index < -0.39 is 5.82 Å². The lowest BCUT2D eigenvalue weighted by atomic mass is 10.2. The van der Waals surface area contributed by atoms with Gasteiger partial charge in [-0.15, -0.1) is 0 Å². The quantitative estimate of drug-likeness (QED) is 0.638. The molecule has 0 saturated carbocycles. The molecule has 0 unspecified atom stereocenters. The second-order valence-corrected chi connectivity index (χ2v) is 5.08. The van der Waals surface area contributed by atoms with Crippen LogP contribution in [0.1, 0.15) is 0 Å². The fourth-order valence-electron chi connectivity index (χ4n) is 2.00. The lowest BCUT2D eigenvalue weighted by Crippen LogP contribution is -1.95. The van der Waals surface area contributed by atoms with Crippen molar-refractivity contribution in [1.82, 2.24) is 9.97 Å². The Hall–Kier alpha value is -1.91. The van der Waals surface area contributed by atoms with Gasteiger partial charge in [-0.1, -0.05) is 23.2 Å². The summed E-state index contributed by atoms with van der Waals surface area (Å²) in [4.78, 5) is 8.42. The Kier molecular flexibility index (Phi) is 3.66. The van der Waals surface area contributed by atoms with Crippen LogP contribution in [0.4, 0.5) is 4.39 Å². The van der Waals surface area contributed by atoms with E-state index in [1.54, 1.807) is 31.4 Å². The summed E-state index contributed by atoms with van der Waals surface area (Å²) in [5.74, 6) is 0.546.